The van der Waals surface area contributed by atoms with Gasteiger partial charge in [-0.15, -0.1) is 0 Å². The summed E-state index contributed by atoms with van der Waals surface area (Å²) in [6.07, 6.45) is 10.2. The van der Waals surface area contributed by atoms with Crippen LogP contribution >= 0.6 is 0 Å². The molecule has 0 spiro atoms. The van der Waals surface area contributed by atoms with Gasteiger partial charge in [0.25, 0.3) is 0 Å². The number of ketones is 2. The van der Waals surface area contributed by atoms with E-state index in [0.717, 1.165) is 50.5 Å². The Labute approximate surface area is 251 Å². The highest BCUT2D eigenvalue weighted by molar-refractivity contribution is 6.04. The molecule has 7 nitrogen and oxygen atoms in total. The van der Waals surface area contributed by atoms with Crippen LogP contribution in [0.2, 0.25) is 0 Å². The maximum Gasteiger partial charge on any atom is 0.317 e. The monoisotopic (exact) mass is 575 g/mol. The third-order valence-electron chi connectivity index (χ3n) is 13.5. The summed E-state index contributed by atoms with van der Waals surface area (Å²) in [5.41, 5.74) is -0.731. The summed E-state index contributed by atoms with van der Waals surface area (Å²) in [5.74, 6) is -0.0211. The van der Waals surface area contributed by atoms with E-state index in [1.54, 1.807) is 0 Å². The van der Waals surface area contributed by atoms with Gasteiger partial charge in [0, 0.05) is 35.4 Å². The molecule has 0 radical (unpaired) electrons. The smallest absolute Gasteiger partial charge is 0.317 e. The number of amides is 2. The highest BCUT2D eigenvalue weighted by Gasteiger charge is 2.70. The molecule has 0 bridgehead atoms. The lowest BCUT2D eigenvalue weighted by atomic mass is 9.35. The summed E-state index contributed by atoms with van der Waals surface area (Å²) < 4.78 is 5.50. The molecule has 42 heavy (non-hydrogen) atoms. The first-order valence-corrected chi connectivity index (χ1v) is 16.1. The standard InChI is InChI=1S/C35H49N3O4/c1-30(2)10-12-35(37-29(41)38-14-16-42-17-15-38)13-11-34(7)27(23(35)20-30)24(39)18-26-32(5)19-22(21-36)28(40)31(3,4)25(32)8-9-33(26,34)6/h18-19,23,25,27H,8-17,20H2,1-7H3,(H,37,41)/t23?,25-,27?,32-,33+,34+,35-/m0/s1. The molecule has 1 saturated heterocycles. The van der Waals surface area contributed by atoms with Crippen LogP contribution in [0.25, 0.3) is 0 Å². The van der Waals surface area contributed by atoms with Gasteiger partial charge in [-0.25, -0.2) is 4.79 Å². The summed E-state index contributed by atoms with van der Waals surface area (Å²) >= 11 is 0. The zero-order chi connectivity index (χ0) is 30.5. The zero-order valence-electron chi connectivity index (χ0n) is 26.7. The van der Waals surface area contributed by atoms with Crippen molar-refractivity contribution < 1.29 is 19.1 Å². The van der Waals surface area contributed by atoms with Gasteiger partial charge in [-0.1, -0.05) is 60.1 Å². The lowest BCUT2D eigenvalue weighted by Crippen LogP contribution is -2.70. The molecular formula is C35H49N3O4. The Morgan fingerprint density at radius 2 is 1.67 bits per heavy atom. The number of nitriles is 1. The number of allylic oxidation sites excluding steroid dienone is 4. The summed E-state index contributed by atoms with van der Waals surface area (Å²) in [4.78, 5) is 43.5. The van der Waals surface area contributed by atoms with E-state index in [4.69, 9.17) is 4.74 Å². The minimum atomic E-state index is -0.670. The number of morpholine rings is 1. The molecule has 1 heterocycles. The molecule has 228 valence electrons. The average molecular weight is 576 g/mol. The lowest BCUT2D eigenvalue weighted by Gasteiger charge is -2.69. The second-order valence-electron chi connectivity index (χ2n) is 16.4. The van der Waals surface area contributed by atoms with Gasteiger partial charge < -0.3 is 15.0 Å². The minimum absolute atomic E-state index is 0.0198. The number of urea groups is 1. The highest BCUT2D eigenvalue weighted by atomic mass is 16.5. The Kier molecular flexibility index (Phi) is 6.53. The van der Waals surface area contributed by atoms with Crippen molar-refractivity contribution in [3.8, 4) is 6.07 Å². The number of hydrogen-bond donors (Lipinski definition) is 1. The molecule has 0 aromatic heterocycles. The maximum absolute atomic E-state index is 14.7. The minimum Gasteiger partial charge on any atom is -0.378 e. The Morgan fingerprint density at radius 1 is 1.00 bits per heavy atom. The number of hydrogen-bond acceptors (Lipinski definition) is 5. The topological polar surface area (TPSA) is 99.5 Å². The van der Waals surface area contributed by atoms with E-state index in [-0.39, 0.29) is 57.2 Å². The predicted octanol–water partition coefficient (Wildman–Crippen LogP) is 6.00. The molecule has 6 aliphatic rings. The van der Waals surface area contributed by atoms with Crippen LogP contribution < -0.4 is 5.32 Å². The first-order valence-electron chi connectivity index (χ1n) is 16.1. The zero-order valence-corrected chi connectivity index (χ0v) is 26.7. The summed E-state index contributed by atoms with van der Waals surface area (Å²) in [7, 11) is 0. The quantitative estimate of drug-likeness (QED) is 0.413. The molecule has 2 amide bonds. The molecular weight excluding hydrogens is 526 g/mol. The maximum atomic E-state index is 14.7. The molecule has 3 saturated carbocycles. The Bertz CT molecular complexity index is 1330. The fraction of sp³-hybridized carbons (Fsp3) is 0.771. The van der Waals surface area contributed by atoms with Crippen molar-refractivity contribution in [2.75, 3.05) is 26.3 Å². The van der Waals surface area contributed by atoms with E-state index in [0.29, 0.717) is 26.3 Å². The molecule has 4 fully saturated rings. The van der Waals surface area contributed by atoms with Crippen LogP contribution in [-0.4, -0.2) is 54.3 Å². The average Bonchev–Trinajstić information content (AvgIpc) is 2.93. The van der Waals surface area contributed by atoms with E-state index in [9.17, 15) is 19.6 Å². The Hall–Kier alpha value is -2.46. The van der Waals surface area contributed by atoms with Crippen molar-refractivity contribution in [1.29, 1.82) is 5.26 Å². The van der Waals surface area contributed by atoms with Crippen LogP contribution in [-0.2, 0) is 14.3 Å². The number of rotatable bonds is 1. The molecule has 2 unspecified atom stereocenters. The second-order valence-corrected chi connectivity index (χ2v) is 16.4. The van der Waals surface area contributed by atoms with Crippen molar-refractivity contribution in [2.24, 2.45) is 44.8 Å². The number of carbonyl (C=O) groups is 3. The van der Waals surface area contributed by atoms with E-state index in [1.165, 1.54) is 0 Å². The number of ether oxygens (including phenoxy) is 1. The molecule has 7 atom stereocenters. The van der Waals surface area contributed by atoms with Crippen molar-refractivity contribution >= 4 is 17.6 Å². The summed E-state index contributed by atoms with van der Waals surface area (Å²) in [6.45, 7) is 17.8. The third kappa shape index (κ3) is 3.89. The fourth-order valence-corrected chi connectivity index (χ4v) is 10.9. The van der Waals surface area contributed by atoms with Crippen LogP contribution in [0.4, 0.5) is 4.79 Å². The Balaban J connectivity index is 1.45. The Morgan fingerprint density at radius 3 is 2.33 bits per heavy atom. The number of nitrogens with zero attached hydrogens (tertiary/aromatic N) is 2. The van der Waals surface area contributed by atoms with Gasteiger partial charge in [0.1, 0.15) is 6.07 Å². The van der Waals surface area contributed by atoms with Crippen LogP contribution in [0.15, 0.2) is 23.3 Å². The highest BCUT2D eigenvalue weighted by Crippen LogP contribution is 2.73. The fourth-order valence-electron chi connectivity index (χ4n) is 10.9. The first kappa shape index (κ1) is 29.6. The van der Waals surface area contributed by atoms with E-state index < -0.39 is 16.4 Å². The SMILES string of the molecule is CC1(C)CC[C@]2(NC(=O)N3CCOCC3)CC[C@]3(C)C(C(=O)C=C4[C@@]5(C)C=C(C#N)C(=O)C(C)(C)[C@@H]5CC[C@]43C)C2C1. The molecule has 0 aromatic carbocycles. The molecule has 0 aromatic rings. The van der Waals surface area contributed by atoms with E-state index in [1.807, 2.05) is 30.9 Å². The third-order valence-corrected chi connectivity index (χ3v) is 13.5. The van der Waals surface area contributed by atoms with Crippen LogP contribution in [0, 0.1) is 56.2 Å². The number of carbonyl (C=O) groups excluding carboxylic acids is 3. The van der Waals surface area contributed by atoms with Crippen LogP contribution in [0.1, 0.15) is 93.4 Å². The van der Waals surface area contributed by atoms with Gasteiger partial charge in [-0.05, 0) is 79.1 Å². The van der Waals surface area contributed by atoms with Gasteiger partial charge in [-0.3, -0.25) is 9.59 Å². The molecule has 1 N–H and O–H groups in total. The van der Waals surface area contributed by atoms with E-state index in [2.05, 4.69) is 46.0 Å². The largest absolute Gasteiger partial charge is 0.378 e. The number of nitrogens with one attached hydrogen (secondary N) is 1. The van der Waals surface area contributed by atoms with Crippen molar-refractivity contribution in [3.63, 3.8) is 0 Å². The molecule has 5 aliphatic carbocycles. The molecule has 1 aliphatic heterocycles. The van der Waals surface area contributed by atoms with Gasteiger partial charge >= 0.3 is 6.03 Å². The van der Waals surface area contributed by atoms with Crippen molar-refractivity contribution in [3.05, 3.63) is 23.3 Å². The normalized spacial score (nSPS) is 43.9. The number of fused-ring (bicyclic) bond motifs is 7. The first-order chi connectivity index (χ1) is 19.5. The second kappa shape index (κ2) is 9.27. The van der Waals surface area contributed by atoms with Crippen molar-refractivity contribution in [1.82, 2.24) is 10.2 Å². The van der Waals surface area contributed by atoms with Crippen molar-refractivity contribution in [2.45, 2.75) is 99.0 Å². The predicted molar refractivity (Wildman–Crippen MR) is 160 cm³/mol. The van der Waals surface area contributed by atoms with Gasteiger partial charge in [-0.2, -0.15) is 5.26 Å². The van der Waals surface area contributed by atoms with Gasteiger partial charge in [0.2, 0.25) is 0 Å². The summed E-state index contributed by atoms with van der Waals surface area (Å²) in [5, 5.41) is 13.5. The molecule has 7 heteroatoms. The van der Waals surface area contributed by atoms with Gasteiger partial charge in [0.05, 0.1) is 18.8 Å². The number of Topliss-reactive ketones (excluding diaryl/α,β-unsaturated/α-hetero) is 1. The van der Waals surface area contributed by atoms with Gasteiger partial charge in [0.15, 0.2) is 11.6 Å². The summed E-state index contributed by atoms with van der Waals surface area (Å²) in [6, 6.07) is 2.18. The van der Waals surface area contributed by atoms with Crippen LogP contribution in [0.3, 0.4) is 0 Å². The van der Waals surface area contributed by atoms with E-state index >= 15 is 0 Å². The molecule has 6 rings (SSSR count). The van der Waals surface area contributed by atoms with Crippen LogP contribution in [0.5, 0.6) is 0 Å². The lowest BCUT2D eigenvalue weighted by molar-refractivity contribution is -0.160.